The van der Waals surface area contributed by atoms with Crippen molar-refractivity contribution in [2.45, 2.75) is 19.4 Å². The summed E-state index contributed by atoms with van der Waals surface area (Å²) in [7, 11) is 4.75. The summed E-state index contributed by atoms with van der Waals surface area (Å²) in [5.41, 5.74) is 1.53. The molecule has 5 nitrogen and oxygen atoms in total. The minimum Gasteiger partial charge on any atom is -0.497 e. The third-order valence-electron chi connectivity index (χ3n) is 3.85. The molecule has 0 unspecified atom stereocenters. The lowest BCUT2D eigenvalue weighted by Gasteiger charge is -2.18. The first-order chi connectivity index (χ1) is 11.6. The molecule has 0 radical (unpaired) electrons. The zero-order valence-electron chi connectivity index (χ0n) is 14.5. The van der Waals surface area contributed by atoms with Gasteiger partial charge in [-0.25, -0.2) is 0 Å². The SMILES string of the molecule is CC[C@H](NC(=O)c1cc(OC)cc(OC)c1)c1ccc(OC)cc1. The van der Waals surface area contributed by atoms with Crippen LogP contribution in [0.25, 0.3) is 0 Å². The van der Waals surface area contributed by atoms with E-state index in [1.54, 1.807) is 39.5 Å². The summed E-state index contributed by atoms with van der Waals surface area (Å²) in [5.74, 6) is 1.78. The van der Waals surface area contributed by atoms with Crippen molar-refractivity contribution in [3.8, 4) is 17.2 Å². The summed E-state index contributed by atoms with van der Waals surface area (Å²) < 4.78 is 15.6. The number of amides is 1. The number of hydrogen-bond acceptors (Lipinski definition) is 4. The zero-order valence-corrected chi connectivity index (χ0v) is 14.5. The maximum Gasteiger partial charge on any atom is 0.252 e. The molecule has 0 heterocycles. The zero-order chi connectivity index (χ0) is 17.5. The van der Waals surface area contributed by atoms with Gasteiger partial charge in [-0.1, -0.05) is 19.1 Å². The number of carbonyl (C=O) groups is 1. The first-order valence-electron chi connectivity index (χ1n) is 7.79. The largest absolute Gasteiger partial charge is 0.497 e. The Morgan fingerprint density at radius 1 is 0.917 bits per heavy atom. The van der Waals surface area contributed by atoms with Crippen LogP contribution in [-0.4, -0.2) is 27.2 Å². The fourth-order valence-electron chi connectivity index (χ4n) is 2.44. The van der Waals surface area contributed by atoms with Gasteiger partial charge in [0.15, 0.2) is 0 Å². The maximum atomic E-state index is 12.6. The van der Waals surface area contributed by atoms with Gasteiger partial charge in [-0.15, -0.1) is 0 Å². The minimum atomic E-state index is -0.171. The molecule has 0 spiro atoms. The van der Waals surface area contributed by atoms with Crippen LogP contribution < -0.4 is 19.5 Å². The Labute approximate surface area is 142 Å². The normalized spacial score (nSPS) is 11.5. The minimum absolute atomic E-state index is 0.0828. The van der Waals surface area contributed by atoms with Crippen LogP contribution in [-0.2, 0) is 0 Å². The molecule has 1 N–H and O–H groups in total. The van der Waals surface area contributed by atoms with Crippen LogP contribution in [0.4, 0.5) is 0 Å². The van der Waals surface area contributed by atoms with E-state index in [2.05, 4.69) is 5.32 Å². The van der Waals surface area contributed by atoms with Crippen LogP contribution >= 0.6 is 0 Å². The van der Waals surface area contributed by atoms with Crippen molar-refractivity contribution in [2.24, 2.45) is 0 Å². The smallest absolute Gasteiger partial charge is 0.252 e. The molecule has 0 aliphatic heterocycles. The van der Waals surface area contributed by atoms with E-state index in [0.29, 0.717) is 17.1 Å². The van der Waals surface area contributed by atoms with Gasteiger partial charge in [0.2, 0.25) is 0 Å². The molecule has 2 rings (SSSR count). The van der Waals surface area contributed by atoms with E-state index in [-0.39, 0.29) is 11.9 Å². The maximum absolute atomic E-state index is 12.6. The van der Waals surface area contributed by atoms with Gasteiger partial charge in [-0.3, -0.25) is 4.79 Å². The van der Waals surface area contributed by atoms with E-state index < -0.39 is 0 Å². The summed E-state index contributed by atoms with van der Waals surface area (Å²) in [6.07, 6.45) is 0.777. The number of ether oxygens (including phenoxy) is 3. The molecule has 0 aliphatic carbocycles. The second kappa shape index (κ2) is 8.24. The predicted molar refractivity (Wildman–Crippen MR) is 93.0 cm³/mol. The molecule has 0 aliphatic rings. The Bertz CT molecular complexity index is 660. The Morgan fingerprint density at radius 2 is 1.46 bits per heavy atom. The van der Waals surface area contributed by atoms with Gasteiger partial charge in [0.25, 0.3) is 5.91 Å². The molecule has 0 aromatic heterocycles. The fourth-order valence-corrected chi connectivity index (χ4v) is 2.44. The first kappa shape index (κ1) is 17.7. The number of nitrogens with one attached hydrogen (secondary N) is 1. The van der Waals surface area contributed by atoms with Crippen molar-refractivity contribution < 1.29 is 19.0 Å². The standard InChI is InChI=1S/C19H23NO4/c1-5-18(13-6-8-15(22-2)9-7-13)20-19(21)14-10-16(23-3)12-17(11-14)24-4/h6-12,18H,5H2,1-4H3,(H,20,21)/t18-/m0/s1. The van der Waals surface area contributed by atoms with Crippen LogP contribution in [0.3, 0.4) is 0 Å². The summed E-state index contributed by atoms with van der Waals surface area (Å²) >= 11 is 0. The third-order valence-corrected chi connectivity index (χ3v) is 3.85. The molecular weight excluding hydrogens is 306 g/mol. The molecule has 0 fully saturated rings. The summed E-state index contributed by atoms with van der Waals surface area (Å²) in [4.78, 5) is 12.6. The highest BCUT2D eigenvalue weighted by molar-refractivity contribution is 5.95. The summed E-state index contributed by atoms with van der Waals surface area (Å²) in [6, 6.07) is 12.7. The second-order valence-electron chi connectivity index (χ2n) is 5.31. The van der Waals surface area contributed by atoms with Crippen molar-refractivity contribution in [2.75, 3.05) is 21.3 Å². The van der Waals surface area contributed by atoms with E-state index >= 15 is 0 Å². The number of carbonyl (C=O) groups excluding carboxylic acids is 1. The summed E-state index contributed by atoms with van der Waals surface area (Å²) in [5, 5.41) is 3.05. The molecule has 128 valence electrons. The molecule has 2 aromatic rings. The Morgan fingerprint density at radius 3 is 1.92 bits per heavy atom. The van der Waals surface area contributed by atoms with Gasteiger partial charge >= 0.3 is 0 Å². The molecule has 0 saturated carbocycles. The van der Waals surface area contributed by atoms with Gasteiger partial charge in [-0.2, -0.15) is 0 Å². The van der Waals surface area contributed by atoms with Crippen LogP contribution in [0, 0.1) is 0 Å². The van der Waals surface area contributed by atoms with Crippen LogP contribution in [0.15, 0.2) is 42.5 Å². The molecule has 1 amide bonds. The Kier molecular flexibility index (Phi) is 6.07. The van der Waals surface area contributed by atoms with Gasteiger partial charge < -0.3 is 19.5 Å². The van der Waals surface area contributed by atoms with E-state index in [1.165, 1.54) is 0 Å². The monoisotopic (exact) mass is 329 g/mol. The Hall–Kier alpha value is -2.69. The van der Waals surface area contributed by atoms with E-state index in [4.69, 9.17) is 14.2 Å². The molecular formula is C19H23NO4. The summed E-state index contributed by atoms with van der Waals surface area (Å²) in [6.45, 7) is 2.03. The number of benzene rings is 2. The number of hydrogen-bond donors (Lipinski definition) is 1. The lowest BCUT2D eigenvalue weighted by molar-refractivity contribution is 0.0935. The van der Waals surface area contributed by atoms with E-state index in [9.17, 15) is 4.79 Å². The van der Waals surface area contributed by atoms with Crippen LogP contribution in [0.1, 0.15) is 35.3 Å². The van der Waals surface area contributed by atoms with Crippen molar-refractivity contribution >= 4 is 5.91 Å². The van der Waals surface area contributed by atoms with E-state index in [1.807, 2.05) is 31.2 Å². The quantitative estimate of drug-likeness (QED) is 0.843. The highest BCUT2D eigenvalue weighted by Crippen LogP contribution is 2.24. The van der Waals surface area contributed by atoms with Crippen LogP contribution in [0.5, 0.6) is 17.2 Å². The van der Waals surface area contributed by atoms with Gasteiger partial charge in [0.1, 0.15) is 17.2 Å². The average Bonchev–Trinajstić information content (AvgIpc) is 2.65. The molecule has 0 saturated heterocycles. The van der Waals surface area contributed by atoms with E-state index in [0.717, 1.165) is 17.7 Å². The lowest BCUT2D eigenvalue weighted by atomic mass is 10.0. The highest BCUT2D eigenvalue weighted by atomic mass is 16.5. The van der Waals surface area contributed by atoms with Crippen molar-refractivity contribution in [1.82, 2.24) is 5.32 Å². The van der Waals surface area contributed by atoms with Gasteiger partial charge in [0, 0.05) is 11.6 Å². The molecule has 0 bridgehead atoms. The molecule has 5 heteroatoms. The predicted octanol–water partition coefficient (Wildman–Crippen LogP) is 3.59. The van der Waals surface area contributed by atoms with Crippen molar-refractivity contribution in [1.29, 1.82) is 0 Å². The number of rotatable bonds is 7. The molecule has 1 atom stereocenters. The molecule has 2 aromatic carbocycles. The highest BCUT2D eigenvalue weighted by Gasteiger charge is 2.16. The fraction of sp³-hybridized carbons (Fsp3) is 0.316. The molecule has 24 heavy (non-hydrogen) atoms. The lowest BCUT2D eigenvalue weighted by Crippen LogP contribution is -2.28. The van der Waals surface area contributed by atoms with Crippen molar-refractivity contribution in [3.63, 3.8) is 0 Å². The van der Waals surface area contributed by atoms with Crippen molar-refractivity contribution in [3.05, 3.63) is 53.6 Å². The number of methoxy groups -OCH3 is 3. The average molecular weight is 329 g/mol. The second-order valence-corrected chi connectivity index (χ2v) is 5.31. The van der Waals surface area contributed by atoms with Gasteiger partial charge in [-0.05, 0) is 36.2 Å². The third kappa shape index (κ3) is 4.19. The van der Waals surface area contributed by atoms with Crippen LogP contribution in [0.2, 0.25) is 0 Å². The Balaban J connectivity index is 2.19. The van der Waals surface area contributed by atoms with Gasteiger partial charge in [0.05, 0.1) is 27.4 Å². The first-order valence-corrected chi connectivity index (χ1v) is 7.79. The topological polar surface area (TPSA) is 56.8 Å².